The van der Waals surface area contributed by atoms with E-state index >= 15 is 0 Å². The van der Waals surface area contributed by atoms with Crippen LogP contribution in [-0.2, 0) is 9.53 Å². The Kier molecular flexibility index (Phi) is 4.24. The van der Waals surface area contributed by atoms with E-state index in [1.807, 2.05) is 0 Å². The van der Waals surface area contributed by atoms with E-state index in [1.165, 1.54) is 17.2 Å². The van der Waals surface area contributed by atoms with Crippen molar-refractivity contribution in [3.05, 3.63) is 36.3 Å². The lowest BCUT2D eigenvalue weighted by Gasteiger charge is -2.34. The third kappa shape index (κ3) is 2.36. The number of nitrogens with one attached hydrogen (secondary N) is 1. The lowest BCUT2D eigenvalue weighted by Crippen LogP contribution is -2.47. The van der Waals surface area contributed by atoms with Gasteiger partial charge in [-0.25, -0.2) is 0 Å². The fraction of sp³-hybridized carbons (Fsp3) is 0.462. The number of amides is 1. The summed E-state index contributed by atoms with van der Waals surface area (Å²) in [5.74, 6) is 0.117. The molecule has 2 aliphatic rings. The maximum atomic E-state index is 11.7. The summed E-state index contributed by atoms with van der Waals surface area (Å²) in [6.07, 6.45) is 0.344. The topological polar surface area (TPSA) is 102 Å². The molecule has 4 N–H and O–H groups in total. The maximum Gasteiger partial charge on any atom is 0.258 e. The summed E-state index contributed by atoms with van der Waals surface area (Å²) in [5.41, 5.74) is 0.313. The summed E-state index contributed by atoms with van der Waals surface area (Å²) in [6, 6.07) is 0. The Morgan fingerprint density at radius 3 is 2.70 bits per heavy atom. The number of carbonyl (C=O) groups excluding carboxylic acids is 1. The van der Waals surface area contributed by atoms with Gasteiger partial charge in [0.1, 0.15) is 24.1 Å². The van der Waals surface area contributed by atoms with Crippen LogP contribution in [-0.4, -0.2) is 57.3 Å². The highest BCUT2D eigenvalue weighted by Gasteiger charge is 2.46. The van der Waals surface area contributed by atoms with E-state index in [-0.39, 0.29) is 5.91 Å². The quantitative estimate of drug-likeness (QED) is 0.518. The molecule has 2 heterocycles. The Bertz CT molecular complexity index is 473. The Morgan fingerprint density at radius 1 is 1.50 bits per heavy atom. The van der Waals surface area contributed by atoms with Gasteiger partial charge in [0.25, 0.3) is 5.91 Å². The molecule has 0 aliphatic carbocycles. The Morgan fingerprint density at radius 2 is 2.20 bits per heavy atom. The Hall–Kier alpha value is -1.67. The zero-order chi connectivity index (χ0) is 14.9. The average Bonchev–Trinajstić information content (AvgIpc) is 2.74. The van der Waals surface area contributed by atoms with Crippen molar-refractivity contribution in [2.24, 2.45) is 0 Å². The second kappa shape index (κ2) is 5.76. The number of ether oxygens (including phenoxy) is 1. The molecule has 2 aliphatic heterocycles. The van der Waals surface area contributed by atoms with Crippen molar-refractivity contribution in [2.75, 3.05) is 6.61 Å². The third-order valence-electron chi connectivity index (χ3n) is 3.34. The molecule has 0 aromatic carbocycles. The zero-order valence-electron chi connectivity index (χ0n) is 11.1. The van der Waals surface area contributed by atoms with Gasteiger partial charge in [0, 0.05) is 6.20 Å². The molecule has 7 nitrogen and oxygen atoms in total. The minimum Gasteiger partial charge on any atom is -0.394 e. The van der Waals surface area contributed by atoms with Crippen molar-refractivity contribution >= 4 is 5.91 Å². The standard InChI is InChI=1S/C13H18N2O5/c1-3-7-5-15(9(4-2)14-12(7)19)13-11(18)10(17)8(6-16)20-13/h3-5,8,10-11,13,16-18H,1,6H2,2H3,(H,14,19). The van der Waals surface area contributed by atoms with E-state index in [9.17, 15) is 15.0 Å². The van der Waals surface area contributed by atoms with Gasteiger partial charge in [-0.2, -0.15) is 0 Å². The first-order valence-electron chi connectivity index (χ1n) is 6.26. The van der Waals surface area contributed by atoms with Gasteiger partial charge >= 0.3 is 0 Å². The van der Waals surface area contributed by atoms with Crippen LogP contribution in [0.2, 0.25) is 0 Å². The van der Waals surface area contributed by atoms with Crippen LogP contribution in [0.5, 0.6) is 0 Å². The fourth-order valence-electron chi connectivity index (χ4n) is 2.22. The molecular formula is C13H18N2O5. The number of nitrogens with zero attached hydrogens (tertiary/aromatic N) is 1. The number of allylic oxidation sites excluding steroid dienone is 1. The van der Waals surface area contributed by atoms with Gasteiger partial charge in [-0.1, -0.05) is 12.7 Å². The second-order valence-electron chi connectivity index (χ2n) is 4.55. The summed E-state index contributed by atoms with van der Waals surface area (Å²) < 4.78 is 5.44. The van der Waals surface area contributed by atoms with E-state index in [1.54, 1.807) is 13.0 Å². The highest BCUT2D eigenvalue weighted by Crippen LogP contribution is 2.28. The van der Waals surface area contributed by atoms with Crippen LogP contribution in [0.15, 0.2) is 36.3 Å². The van der Waals surface area contributed by atoms with Gasteiger partial charge in [0.2, 0.25) is 0 Å². The second-order valence-corrected chi connectivity index (χ2v) is 4.55. The van der Waals surface area contributed by atoms with Gasteiger partial charge in [-0.3, -0.25) is 4.79 Å². The lowest BCUT2D eigenvalue weighted by atomic mass is 10.1. The first-order chi connectivity index (χ1) is 9.53. The predicted molar refractivity (Wildman–Crippen MR) is 69.8 cm³/mol. The van der Waals surface area contributed by atoms with E-state index in [0.29, 0.717) is 11.4 Å². The van der Waals surface area contributed by atoms with Gasteiger partial charge in [0.05, 0.1) is 12.2 Å². The molecule has 0 saturated carbocycles. The summed E-state index contributed by atoms with van der Waals surface area (Å²) in [5, 5.41) is 31.5. The van der Waals surface area contributed by atoms with Crippen LogP contribution < -0.4 is 5.32 Å². The molecule has 0 bridgehead atoms. The molecule has 20 heavy (non-hydrogen) atoms. The van der Waals surface area contributed by atoms with Crippen molar-refractivity contribution in [1.29, 1.82) is 0 Å². The van der Waals surface area contributed by atoms with Gasteiger partial charge in [-0.05, 0) is 13.0 Å². The highest BCUT2D eigenvalue weighted by molar-refractivity contribution is 5.97. The van der Waals surface area contributed by atoms with Gasteiger partial charge in [0.15, 0.2) is 6.23 Å². The number of aliphatic hydroxyl groups excluding tert-OH is 3. The van der Waals surface area contributed by atoms with Gasteiger partial charge < -0.3 is 30.3 Å². The minimum absolute atomic E-state index is 0.309. The van der Waals surface area contributed by atoms with Gasteiger partial charge in [-0.15, -0.1) is 0 Å². The molecule has 1 saturated heterocycles. The third-order valence-corrected chi connectivity index (χ3v) is 3.34. The maximum absolute atomic E-state index is 11.7. The molecule has 1 amide bonds. The highest BCUT2D eigenvalue weighted by atomic mass is 16.6. The molecule has 4 atom stereocenters. The van der Waals surface area contributed by atoms with Crippen LogP contribution >= 0.6 is 0 Å². The molecule has 110 valence electrons. The molecule has 0 aromatic heterocycles. The monoisotopic (exact) mass is 282 g/mol. The molecule has 1 fully saturated rings. The number of rotatable bonds is 3. The van der Waals surface area contributed by atoms with Crippen molar-refractivity contribution in [3.8, 4) is 0 Å². The number of hydrogen-bond donors (Lipinski definition) is 4. The Balaban J connectivity index is 2.32. The molecule has 0 spiro atoms. The normalized spacial score (nSPS) is 36.0. The van der Waals surface area contributed by atoms with Crippen molar-refractivity contribution in [1.82, 2.24) is 10.2 Å². The van der Waals surface area contributed by atoms with Crippen molar-refractivity contribution < 1.29 is 24.9 Å². The van der Waals surface area contributed by atoms with Crippen molar-refractivity contribution in [2.45, 2.75) is 31.5 Å². The summed E-state index contributed by atoms with van der Waals surface area (Å²) in [4.78, 5) is 13.2. The number of carbonyl (C=O) groups is 1. The summed E-state index contributed by atoms with van der Waals surface area (Å²) in [7, 11) is 0. The van der Waals surface area contributed by atoms with Crippen LogP contribution in [0.1, 0.15) is 6.92 Å². The van der Waals surface area contributed by atoms with E-state index in [4.69, 9.17) is 9.84 Å². The van der Waals surface area contributed by atoms with E-state index < -0.39 is 31.1 Å². The smallest absolute Gasteiger partial charge is 0.258 e. The van der Waals surface area contributed by atoms with Crippen LogP contribution in [0.25, 0.3) is 0 Å². The molecule has 0 aromatic rings. The van der Waals surface area contributed by atoms with Crippen LogP contribution in [0, 0.1) is 0 Å². The fourth-order valence-corrected chi connectivity index (χ4v) is 2.22. The minimum atomic E-state index is -1.21. The lowest BCUT2D eigenvalue weighted by molar-refractivity contribution is -0.119. The number of hydrogen-bond acceptors (Lipinski definition) is 6. The van der Waals surface area contributed by atoms with Crippen LogP contribution in [0.3, 0.4) is 0 Å². The molecular weight excluding hydrogens is 264 g/mol. The van der Waals surface area contributed by atoms with E-state index in [0.717, 1.165) is 0 Å². The van der Waals surface area contributed by atoms with Crippen molar-refractivity contribution in [3.63, 3.8) is 0 Å². The average molecular weight is 282 g/mol. The molecule has 0 radical (unpaired) electrons. The molecule has 2 rings (SSSR count). The first kappa shape index (κ1) is 14.7. The predicted octanol–water partition coefficient (Wildman–Crippen LogP) is -1.21. The summed E-state index contributed by atoms with van der Waals surface area (Å²) >= 11 is 0. The number of aliphatic hydroxyl groups is 3. The molecule has 4 unspecified atom stereocenters. The summed E-state index contributed by atoms with van der Waals surface area (Å²) in [6.45, 7) is 4.86. The van der Waals surface area contributed by atoms with Crippen LogP contribution in [0.4, 0.5) is 0 Å². The largest absolute Gasteiger partial charge is 0.394 e. The SMILES string of the molecule is C=CC1=CN(C2OC(CO)C(O)C2O)C(=CC)NC1=O. The first-order valence-corrected chi connectivity index (χ1v) is 6.26. The van der Waals surface area contributed by atoms with E-state index in [2.05, 4.69) is 11.9 Å². The Labute approximate surface area is 116 Å². The molecule has 7 heteroatoms. The zero-order valence-corrected chi connectivity index (χ0v) is 11.1.